The molecule has 0 saturated carbocycles. The summed E-state index contributed by atoms with van der Waals surface area (Å²) in [5.41, 5.74) is 1.17. The van der Waals surface area contributed by atoms with Gasteiger partial charge in [-0.05, 0) is 55.3 Å². The maximum atomic E-state index is 12.7. The molecule has 136 valence electrons. The zero-order chi connectivity index (χ0) is 18.4. The van der Waals surface area contributed by atoms with Crippen molar-refractivity contribution in [1.82, 2.24) is 0 Å². The molecular weight excluding hydrogens is 362 g/mol. The van der Waals surface area contributed by atoms with Crippen LogP contribution in [0.4, 0.5) is 5.69 Å². The molecule has 0 bridgehead atoms. The van der Waals surface area contributed by atoms with Crippen molar-refractivity contribution in [3.63, 3.8) is 0 Å². The summed E-state index contributed by atoms with van der Waals surface area (Å²) in [5, 5.41) is 0.362. The van der Waals surface area contributed by atoms with E-state index in [1.807, 2.05) is 0 Å². The van der Waals surface area contributed by atoms with E-state index < -0.39 is 10.0 Å². The van der Waals surface area contributed by atoms with E-state index in [4.69, 9.17) is 21.1 Å². The van der Waals surface area contributed by atoms with Crippen LogP contribution in [0.3, 0.4) is 0 Å². The van der Waals surface area contributed by atoms with Gasteiger partial charge in [0.1, 0.15) is 16.4 Å². The monoisotopic (exact) mass is 383 g/mol. The molecule has 2 aromatic rings. The Balaban J connectivity index is 2.20. The molecule has 0 unspecified atom stereocenters. The lowest BCUT2D eigenvalue weighted by Crippen LogP contribution is -2.14. The van der Waals surface area contributed by atoms with Gasteiger partial charge in [0.15, 0.2) is 0 Å². The van der Waals surface area contributed by atoms with E-state index in [9.17, 15) is 8.42 Å². The number of ether oxygens (including phenoxy) is 2. The second-order valence-corrected chi connectivity index (χ2v) is 7.64. The van der Waals surface area contributed by atoms with Crippen molar-refractivity contribution in [3.8, 4) is 11.5 Å². The van der Waals surface area contributed by atoms with Crippen molar-refractivity contribution in [3.05, 3.63) is 47.0 Å². The third-order valence-electron chi connectivity index (χ3n) is 3.61. The summed E-state index contributed by atoms with van der Waals surface area (Å²) < 4.78 is 38.6. The van der Waals surface area contributed by atoms with Crippen LogP contribution < -0.4 is 14.2 Å². The minimum absolute atomic E-state index is 0.00567. The number of anilines is 1. The summed E-state index contributed by atoms with van der Waals surface area (Å²) in [4.78, 5) is -0.00567. The molecule has 0 aliphatic carbocycles. The molecule has 0 heterocycles. The first-order chi connectivity index (χ1) is 11.9. The molecule has 1 N–H and O–H groups in total. The zero-order valence-corrected chi connectivity index (χ0v) is 16.1. The topological polar surface area (TPSA) is 64.6 Å². The van der Waals surface area contributed by atoms with Crippen molar-refractivity contribution in [2.24, 2.45) is 0 Å². The Hall–Kier alpha value is -1.92. The van der Waals surface area contributed by atoms with Crippen molar-refractivity contribution in [2.45, 2.75) is 31.6 Å². The lowest BCUT2D eigenvalue weighted by Gasteiger charge is -2.13. The highest BCUT2D eigenvalue weighted by molar-refractivity contribution is 7.92. The van der Waals surface area contributed by atoms with Crippen LogP contribution in [0.1, 0.15) is 25.3 Å². The highest BCUT2D eigenvalue weighted by Crippen LogP contribution is 2.31. The fourth-order valence-electron chi connectivity index (χ4n) is 2.17. The van der Waals surface area contributed by atoms with Gasteiger partial charge in [0, 0.05) is 10.7 Å². The van der Waals surface area contributed by atoms with Gasteiger partial charge in [-0.2, -0.15) is 0 Å². The molecule has 0 spiro atoms. The quantitative estimate of drug-likeness (QED) is 0.674. The minimum atomic E-state index is -3.83. The van der Waals surface area contributed by atoms with Crippen LogP contribution in [0.2, 0.25) is 5.02 Å². The van der Waals surface area contributed by atoms with E-state index in [0.717, 1.165) is 18.4 Å². The largest absolute Gasteiger partial charge is 0.495 e. The predicted molar refractivity (Wildman–Crippen MR) is 100 cm³/mol. The Morgan fingerprint density at radius 3 is 2.44 bits per heavy atom. The molecule has 0 saturated heterocycles. The Labute approximate surface area is 154 Å². The fourth-order valence-corrected chi connectivity index (χ4v) is 3.63. The SMILES string of the molecule is CCCCOc1ccc(NS(=O)(=O)c2cc(Cl)c(C)cc2OC)cc1. The first-order valence-electron chi connectivity index (χ1n) is 7.97. The number of benzene rings is 2. The van der Waals surface area contributed by atoms with Gasteiger partial charge in [0.25, 0.3) is 10.0 Å². The first-order valence-corrected chi connectivity index (χ1v) is 9.83. The van der Waals surface area contributed by atoms with Crippen LogP contribution in [0, 0.1) is 6.92 Å². The van der Waals surface area contributed by atoms with Crippen molar-refractivity contribution >= 4 is 27.3 Å². The number of unbranched alkanes of at least 4 members (excludes halogenated alkanes) is 1. The molecule has 5 nitrogen and oxygen atoms in total. The molecule has 0 aliphatic heterocycles. The van der Waals surface area contributed by atoms with Gasteiger partial charge >= 0.3 is 0 Å². The predicted octanol–water partition coefficient (Wildman–Crippen LogP) is 4.64. The van der Waals surface area contributed by atoms with E-state index in [-0.39, 0.29) is 10.6 Å². The molecule has 25 heavy (non-hydrogen) atoms. The highest BCUT2D eigenvalue weighted by Gasteiger charge is 2.21. The number of aryl methyl sites for hydroxylation is 1. The summed E-state index contributed by atoms with van der Waals surface area (Å²) >= 11 is 6.07. The molecular formula is C18H22ClNO4S. The maximum Gasteiger partial charge on any atom is 0.265 e. The molecule has 0 radical (unpaired) electrons. The van der Waals surface area contributed by atoms with Crippen LogP contribution in [0.15, 0.2) is 41.3 Å². The normalized spacial score (nSPS) is 11.2. The molecule has 2 rings (SSSR count). The summed E-state index contributed by atoms with van der Waals surface area (Å²) in [7, 11) is -2.41. The van der Waals surface area contributed by atoms with E-state index in [0.29, 0.717) is 23.1 Å². The number of methoxy groups -OCH3 is 1. The number of hydrogen-bond donors (Lipinski definition) is 1. The van der Waals surface area contributed by atoms with Gasteiger partial charge in [0.05, 0.1) is 13.7 Å². The van der Waals surface area contributed by atoms with Gasteiger partial charge in [-0.25, -0.2) is 8.42 Å². The van der Waals surface area contributed by atoms with Crippen LogP contribution in [0.25, 0.3) is 0 Å². The number of rotatable bonds is 8. The molecule has 2 aromatic carbocycles. The molecule has 0 fully saturated rings. The van der Waals surface area contributed by atoms with E-state index >= 15 is 0 Å². The fraction of sp³-hybridized carbons (Fsp3) is 0.333. The smallest absolute Gasteiger partial charge is 0.265 e. The third-order valence-corrected chi connectivity index (χ3v) is 5.42. The number of nitrogens with one attached hydrogen (secondary N) is 1. The van der Waals surface area contributed by atoms with Gasteiger partial charge in [0.2, 0.25) is 0 Å². The summed E-state index contributed by atoms with van der Waals surface area (Å²) in [6.07, 6.45) is 2.03. The third kappa shape index (κ3) is 5.03. The molecule has 0 aromatic heterocycles. The molecule has 0 atom stereocenters. The van der Waals surface area contributed by atoms with E-state index in [1.54, 1.807) is 37.3 Å². The Kier molecular flexibility index (Phi) is 6.56. The van der Waals surface area contributed by atoms with Gasteiger partial charge < -0.3 is 9.47 Å². The van der Waals surface area contributed by atoms with Crippen LogP contribution >= 0.6 is 11.6 Å². The van der Waals surface area contributed by atoms with Gasteiger partial charge in [-0.1, -0.05) is 24.9 Å². The lowest BCUT2D eigenvalue weighted by molar-refractivity contribution is 0.309. The minimum Gasteiger partial charge on any atom is -0.495 e. The molecule has 0 amide bonds. The van der Waals surface area contributed by atoms with E-state index in [2.05, 4.69) is 11.6 Å². The Bertz CT molecular complexity index is 820. The number of halogens is 1. The standard InChI is InChI=1S/C18H22ClNO4S/c1-4-5-10-24-15-8-6-14(7-9-15)20-25(21,22)18-12-16(19)13(2)11-17(18)23-3/h6-9,11-12,20H,4-5,10H2,1-3H3. The van der Waals surface area contributed by atoms with Gasteiger partial charge in [-0.3, -0.25) is 4.72 Å². The first kappa shape index (κ1) is 19.4. The second-order valence-electron chi connectivity index (χ2n) is 5.58. The van der Waals surface area contributed by atoms with Gasteiger partial charge in [-0.15, -0.1) is 0 Å². The average molecular weight is 384 g/mol. The lowest BCUT2D eigenvalue weighted by atomic mass is 10.2. The highest BCUT2D eigenvalue weighted by atomic mass is 35.5. The summed E-state index contributed by atoms with van der Waals surface area (Å²) in [5.74, 6) is 0.946. The number of hydrogen-bond acceptors (Lipinski definition) is 4. The van der Waals surface area contributed by atoms with Crippen LogP contribution in [-0.2, 0) is 10.0 Å². The summed E-state index contributed by atoms with van der Waals surface area (Å²) in [6.45, 7) is 4.51. The number of sulfonamides is 1. The molecule has 0 aliphatic rings. The maximum absolute atomic E-state index is 12.7. The van der Waals surface area contributed by atoms with Crippen molar-refractivity contribution in [1.29, 1.82) is 0 Å². The molecule has 7 heteroatoms. The van der Waals surface area contributed by atoms with Crippen LogP contribution in [0.5, 0.6) is 11.5 Å². The average Bonchev–Trinajstić information content (AvgIpc) is 2.58. The zero-order valence-electron chi connectivity index (χ0n) is 14.5. The van der Waals surface area contributed by atoms with Crippen LogP contribution in [-0.4, -0.2) is 22.1 Å². The summed E-state index contributed by atoms with van der Waals surface area (Å²) in [6, 6.07) is 9.75. The Morgan fingerprint density at radius 2 is 1.84 bits per heavy atom. The van der Waals surface area contributed by atoms with Crippen molar-refractivity contribution < 1.29 is 17.9 Å². The van der Waals surface area contributed by atoms with Crippen molar-refractivity contribution in [2.75, 3.05) is 18.4 Å². The van der Waals surface area contributed by atoms with E-state index in [1.165, 1.54) is 13.2 Å². The Morgan fingerprint density at radius 1 is 1.16 bits per heavy atom. The second kappa shape index (κ2) is 8.45.